The second-order valence-corrected chi connectivity index (χ2v) is 4.28. The summed E-state index contributed by atoms with van der Waals surface area (Å²) in [5.74, 6) is 0. The number of rotatable bonds is 6. The highest BCUT2D eigenvalue weighted by atomic mass is 15.1. The van der Waals surface area contributed by atoms with E-state index in [9.17, 15) is 0 Å². The van der Waals surface area contributed by atoms with Gasteiger partial charge in [0.15, 0.2) is 0 Å². The van der Waals surface area contributed by atoms with Crippen molar-refractivity contribution in [3.63, 3.8) is 0 Å². The van der Waals surface area contributed by atoms with E-state index in [2.05, 4.69) is 56.4 Å². The van der Waals surface area contributed by atoms with Gasteiger partial charge in [0.25, 0.3) is 0 Å². The van der Waals surface area contributed by atoms with Gasteiger partial charge in [-0.05, 0) is 31.7 Å². The van der Waals surface area contributed by atoms with Crippen molar-refractivity contribution in [2.45, 2.75) is 12.5 Å². The third-order valence-electron chi connectivity index (χ3n) is 2.83. The van der Waals surface area contributed by atoms with Crippen molar-refractivity contribution >= 4 is 0 Å². The molecule has 1 aromatic carbocycles. The van der Waals surface area contributed by atoms with E-state index in [0.29, 0.717) is 6.04 Å². The summed E-state index contributed by atoms with van der Waals surface area (Å²) < 4.78 is 0. The first-order valence-electron chi connectivity index (χ1n) is 5.84. The monoisotopic (exact) mass is 227 g/mol. The lowest BCUT2D eigenvalue weighted by atomic mass is 9.97. The summed E-state index contributed by atoms with van der Waals surface area (Å²) in [6.07, 6.45) is 6.74. The summed E-state index contributed by atoms with van der Waals surface area (Å²) in [6, 6.07) is 10.9. The highest BCUT2D eigenvalue weighted by Gasteiger charge is 2.14. The van der Waals surface area contributed by atoms with Crippen molar-refractivity contribution in [2.75, 3.05) is 14.1 Å². The molecule has 0 heterocycles. The number of benzene rings is 1. The average Bonchev–Trinajstić information content (AvgIpc) is 2.34. The van der Waals surface area contributed by atoms with Crippen LogP contribution in [-0.2, 0) is 6.42 Å². The predicted molar refractivity (Wildman–Crippen MR) is 76.1 cm³/mol. The number of nitrogens with zero attached hydrogens (tertiary/aromatic N) is 1. The molecule has 1 unspecified atom stereocenters. The zero-order valence-electron chi connectivity index (χ0n) is 10.8. The molecule has 90 valence electrons. The van der Waals surface area contributed by atoms with Crippen molar-refractivity contribution in [2.24, 2.45) is 0 Å². The van der Waals surface area contributed by atoms with Gasteiger partial charge in [0.05, 0.1) is 0 Å². The second-order valence-electron chi connectivity index (χ2n) is 4.28. The SMILES string of the molecule is C=C/C=C(\C=C)C(Cc1ccccc1)N(C)C. The largest absolute Gasteiger partial charge is 0.302 e. The van der Waals surface area contributed by atoms with Gasteiger partial charge >= 0.3 is 0 Å². The Hall–Kier alpha value is -1.60. The van der Waals surface area contributed by atoms with Crippen molar-refractivity contribution in [3.05, 3.63) is 72.9 Å². The standard InChI is InChI=1S/C16H21N/c1-5-10-15(6-2)16(17(3)4)13-14-11-8-7-9-12-14/h5-12,16H,1-2,13H2,3-4H3/b15-10+. The molecule has 0 amide bonds. The Labute approximate surface area is 105 Å². The molecular weight excluding hydrogens is 206 g/mol. The number of allylic oxidation sites excluding steroid dienone is 2. The van der Waals surface area contributed by atoms with Crippen LogP contribution in [0.4, 0.5) is 0 Å². The Morgan fingerprint density at radius 3 is 2.35 bits per heavy atom. The minimum Gasteiger partial charge on any atom is -0.302 e. The normalized spacial score (nSPS) is 13.5. The van der Waals surface area contributed by atoms with Gasteiger partial charge in [0, 0.05) is 6.04 Å². The molecule has 0 aliphatic carbocycles. The van der Waals surface area contributed by atoms with Crippen molar-refractivity contribution in [1.82, 2.24) is 4.90 Å². The van der Waals surface area contributed by atoms with Crippen molar-refractivity contribution < 1.29 is 0 Å². The summed E-state index contributed by atoms with van der Waals surface area (Å²) in [7, 11) is 4.18. The third kappa shape index (κ3) is 4.04. The maximum Gasteiger partial charge on any atom is 0.0382 e. The fourth-order valence-corrected chi connectivity index (χ4v) is 1.89. The molecule has 1 rings (SSSR count). The minimum atomic E-state index is 0.341. The molecule has 1 nitrogen and oxygen atoms in total. The molecule has 0 N–H and O–H groups in total. The van der Waals surface area contributed by atoms with E-state index in [4.69, 9.17) is 0 Å². The first kappa shape index (κ1) is 13.5. The summed E-state index contributed by atoms with van der Waals surface area (Å²) >= 11 is 0. The summed E-state index contributed by atoms with van der Waals surface area (Å²) in [5, 5.41) is 0. The highest BCUT2D eigenvalue weighted by molar-refractivity contribution is 5.29. The smallest absolute Gasteiger partial charge is 0.0382 e. The first-order chi connectivity index (χ1) is 8.19. The van der Waals surface area contributed by atoms with Crippen LogP contribution in [0, 0.1) is 0 Å². The Bertz CT molecular complexity index is 387. The molecule has 0 radical (unpaired) electrons. The predicted octanol–water partition coefficient (Wildman–Crippen LogP) is 3.46. The van der Waals surface area contributed by atoms with E-state index in [-0.39, 0.29) is 0 Å². The van der Waals surface area contributed by atoms with E-state index < -0.39 is 0 Å². The number of hydrogen-bond donors (Lipinski definition) is 0. The second kappa shape index (κ2) is 6.87. The summed E-state index contributed by atoms with van der Waals surface area (Å²) in [5.41, 5.74) is 2.54. The molecule has 1 aromatic rings. The van der Waals surface area contributed by atoms with Crippen LogP contribution in [0.25, 0.3) is 0 Å². The van der Waals surface area contributed by atoms with E-state index in [0.717, 1.165) is 6.42 Å². The Morgan fingerprint density at radius 1 is 1.24 bits per heavy atom. The molecule has 0 aromatic heterocycles. The average molecular weight is 227 g/mol. The zero-order valence-corrected chi connectivity index (χ0v) is 10.8. The minimum absolute atomic E-state index is 0.341. The highest BCUT2D eigenvalue weighted by Crippen LogP contribution is 2.15. The molecule has 0 aliphatic heterocycles. The van der Waals surface area contributed by atoms with Crippen LogP contribution >= 0.6 is 0 Å². The fourth-order valence-electron chi connectivity index (χ4n) is 1.89. The van der Waals surface area contributed by atoms with E-state index in [1.165, 1.54) is 11.1 Å². The zero-order chi connectivity index (χ0) is 12.7. The molecule has 0 fully saturated rings. The van der Waals surface area contributed by atoms with Crippen LogP contribution in [0.15, 0.2) is 67.3 Å². The lowest BCUT2D eigenvalue weighted by Gasteiger charge is -2.25. The molecule has 1 heteroatoms. The van der Waals surface area contributed by atoms with E-state index in [1.807, 2.05) is 24.3 Å². The van der Waals surface area contributed by atoms with Crippen LogP contribution < -0.4 is 0 Å². The lowest BCUT2D eigenvalue weighted by molar-refractivity contribution is 0.332. The molecule has 0 saturated heterocycles. The first-order valence-corrected chi connectivity index (χ1v) is 5.84. The van der Waals surface area contributed by atoms with Crippen LogP contribution in [0.5, 0.6) is 0 Å². The quantitative estimate of drug-likeness (QED) is 0.673. The maximum absolute atomic E-state index is 3.88. The molecule has 1 atom stereocenters. The third-order valence-corrected chi connectivity index (χ3v) is 2.83. The molecule has 0 aliphatic rings. The number of likely N-dealkylation sites (N-methyl/N-ethyl adjacent to an activating group) is 1. The molecule has 17 heavy (non-hydrogen) atoms. The lowest BCUT2D eigenvalue weighted by Crippen LogP contribution is -2.31. The van der Waals surface area contributed by atoms with Gasteiger partial charge in [-0.25, -0.2) is 0 Å². The van der Waals surface area contributed by atoms with Crippen LogP contribution in [0.3, 0.4) is 0 Å². The van der Waals surface area contributed by atoms with Crippen LogP contribution in [-0.4, -0.2) is 25.0 Å². The Kier molecular flexibility index (Phi) is 5.44. The Balaban J connectivity index is 2.90. The van der Waals surface area contributed by atoms with Gasteiger partial charge in [0.2, 0.25) is 0 Å². The van der Waals surface area contributed by atoms with Crippen LogP contribution in [0.2, 0.25) is 0 Å². The van der Waals surface area contributed by atoms with Gasteiger partial charge in [-0.15, -0.1) is 0 Å². The van der Waals surface area contributed by atoms with Crippen molar-refractivity contribution in [3.8, 4) is 0 Å². The van der Waals surface area contributed by atoms with Crippen molar-refractivity contribution in [1.29, 1.82) is 0 Å². The van der Waals surface area contributed by atoms with Crippen LogP contribution in [0.1, 0.15) is 5.56 Å². The van der Waals surface area contributed by atoms with E-state index >= 15 is 0 Å². The topological polar surface area (TPSA) is 3.24 Å². The summed E-state index contributed by atoms with van der Waals surface area (Å²) in [4.78, 5) is 2.21. The van der Waals surface area contributed by atoms with Gasteiger partial charge < -0.3 is 4.90 Å². The number of hydrogen-bond acceptors (Lipinski definition) is 1. The molecule has 0 spiro atoms. The van der Waals surface area contributed by atoms with E-state index in [1.54, 1.807) is 0 Å². The summed E-state index contributed by atoms with van der Waals surface area (Å²) in [6.45, 7) is 7.64. The van der Waals surface area contributed by atoms with Gasteiger partial charge in [0.1, 0.15) is 0 Å². The maximum atomic E-state index is 3.88. The molecule has 0 bridgehead atoms. The molecule has 0 saturated carbocycles. The van der Waals surface area contributed by atoms with Gasteiger partial charge in [-0.1, -0.05) is 61.7 Å². The fraction of sp³-hybridized carbons (Fsp3) is 0.250. The van der Waals surface area contributed by atoms with Gasteiger partial charge in [-0.3, -0.25) is 0 Å². The Morgan fingerprint density at radius 2 is 1.88 bits per heavy atom. The van der Waals surface area contributed by atoms with Gasteiger partial charge in [-0.2, -0.15) is 0 Å². The molecular formula is C16H21N.